The lowest BCUT2D eigenvalue weighted by Crippen LogP contribution is -2.15. The number of aryl methyl sites for hydroxylation is 2. The van der Waals surface area contributed by atoms with E-state index >= 15 is 0 Å². The number of benzene rings is 2. The number of methoxy groups -OCH3 is 1. The Morgan fingerprint density at radius 2 is 1.65 bits per heavy atom. The first-order valence-corrected chi connectivity index (χ1v) is 7.40. The number of hydrogen-bond donors (Lipinski definition) is 1. The van der Waals surface area contributed by atoms with Crippen molar-refractivity contribution in [2.75, 3.05) is 7.11 Å². The molecule has 3 heteroatoms. The van der Waals surface area contributed by atoms with Crippen LogP contribution in [0.15, 0.2) is 34.8 Å². The fourth-order valence-electron chi connectivity index (χ4n) is 2.44. The Bertz CT molecular complexity index is 637. The van der Waals surface area contributed by atoms with Crippen molar-refractivity contribution in [2.24, 2.45) is 5.73 Å². The summed E-state index contributed by atoms with van der Waals surface area (Å²) in [6.45, 7) is 6.23. The number of nitrogens with two attached hydrogens (primary N) is 1. The van der Waals surface area contributed by atoms with Crippen molar-refractivity contribution >= 4 is 15.9 Å². The van der Waals surface area contributed by atoms with E-state index in [0.29, 0.717) is 0 Å². The molecule has 0 aliphatic heterocycles. The summed E-state index contributed by atoms with van der Waals surface area (Å²) in [4.78, 5) is 0. The maximum absolute atomic E-state index is 6.48. The second-order valence-electron chi connectivity index (χ2n) is 5.11. The van der Waals surface area contributed by atoms with E-state index in [2.05, 4.69) is 61.0 Å². The highest BCUT2D eigenvalue weighted by Gasteiger charge is 2.18. The molecule has 1 unspecified atom stereocenters. The molecule has 0 fully saturated rings. The van der Waals surface area contributed by atoms with Crippen molar-refractivity contribution in [3.05, 3.63) is 62.6 Å². The Kier molecular flexibility index (Phi) is 4.51. The minimum Gasteiger partial charge on any atom is -0.496 e. The molecule has 2 nitrogen and oxygen atoms in total. The lowest BCUT2D eigenvalue weighted by atomic mass is 9.92. The molecule has 1 atom stereocenters. The summed E-state index contributed by atoms with van der Waals surface area (Å²) >= 11 is 3.51. The summed E-state index contributed by atoms with van der Waals surface area (Å²) in [5, 5.41) is 0. The van der Waals surface area contributed by atoms with Crippen LogP contribution in [0.5, 0.6) is 5.75 Å². The molecule has 0 aliphatic rings. The Morgan fingerprint density at radius 1 is 1.00 bits per heavy atom. The second kappa shape index (κ2) is 5.98. The van der Waals surface area contributed by atoms with Crippen molar-refractivity contribution in [3.8, 4) is 5.75 Å². The van der Waals surface area contributed by atoms with Crippen molar-refractivity contribution in [2.45, 2.75) is 26.8 Å². The molecule has 0 aromatic heterocycles. The van der Waals surface area contributed by atoms with Gasteiger partial charge in [-0.3, -0.25) is 0 Å². The Morgan fingerprint density at radius 3 is 2.30 bits per heavy atom. The first-order chi connectivity index (χ1) is 9.45. The topological polar surface area (TPSA) is 35.2 Å². The summed E-state index contributed by atoms with van der Waals surface area (Å²) in [5.41, 5.74) is 12.2. The van der Waals surface area contributed by atoms with Crippen LogP contribution in [0, 0.1) is 20.8 Å². The standard InChI is InChI=1S/C17H20BrNO/c1-10-6-8-14(17(20-4)12(10)3)16(19)15-9-13(18)7-5-11(15)2/h5-9,16H,19H2,1-4H3. The maximum Gasteiger partial charge on any atom is 0.127 e. The molecule has 2 rings (SSSR count). The third-order valence-corrected chi connectivity index (χ3v) is 4.32. The molecular formula is C17H20BrNO. The molecule has 2 N–H and O–H groups in total. The largest absolute Gasteiger partial charge is 0.496 e. The molecule has 0 spiro atoms. The van der Waals surface area contributed by atoms with Gasteiger partial charge in [0.25, 0.3) is 0 Å². The van der Waals surface area contributed by atoms with E-state index in [1.807, 2.05) is 6.07 Å². The Balaban J connectivity index is 2.56. The minimum atomic E-state index is -0.193. The molecule has 0 saturated carbocycles. The lowest BCUT2D eigenvalue weighted by molar-refractivity contribution is 0.404. The van der Waals surface area contributed by atoms with Crippen molar-refractivity contribution < 1.29 is 4.74 Å². The highest BCUT2D eigenvalue weighted by atomic mass is 79.9. The van der Waals surface area contributed by atoms with E-state index in [1.165, 1.54) is 11.1 Å². The van der Waals surface area contributed by atoms with Crippen LogP contribution < -0.4 is 10.5 Å². The van der Waals surface area contributed by atoms with Crippen molar-refractivity contribution in [3.63, 3.8) is 0 Å². The molecule has 20 heavy (non-hydrogen) atoms. The first kappa shape index (κ1) is 15.1. The zero-order chi connectivity index (χ0) is 14.9. The smallest absolute Gasteiger partial charge is 0.127 e. The van der Waals surface area contributed by atoms with Gasteiger partial charge in [-0.15, -0.1) is 0 Å². The van der Waals surface area contributed by atoms with Gasteiger partial charge in [-0.2, -0.15) is 0 Å². The van der Waals surface area contributed by atoms with Crippen LogP contribution in [0.4, 0.5) is 0 Å². The maximum atomic E-state index is 6.48. The number of ether oxygens (including phenoxy) is 1. The molecule has 0 aliphatic carbocycles. The summed E-state index contributed by atoms with van der Waals surface area (Å²) in [6.07, 6.45) is 0. The third-order valence-electron chi connectivity index (χ3n) is 3.82. The quantitative estimate of drug-likeness (QED) is 0.901. The van der Waals surface area contributed by atoms with Crippen molar-refractivity contribution in [1.29, 1.82) is 0 Å². The molecule has 0 amide bonds. The summed E-state index contributed by atoms with van der Waals surface area (Å²) in [5.74, 6) is 0.886. The van der Waals surface area contributed by atoms with Gasteiger partial charge in [-0.25, -0.2) is 0 Å². The number of hydrogen-bond acceptors (Lipinski definition) is 2. The van der Waals surface area contributed by atoms with Gasteiger partial charge < -0.3 is 10.5 Å². The number of halogens is 1. The average Bonchev–Trinajstić information content (AvgIpc) is 2.43. The molecule has 0 saturated heterocycles. The van der Waals surface area contributed by atoms with Gasteiger partial charge in [0.05, 0.1) is 13.2 Å². The predicted molar refractivity (Wildman–Crippen MR) is 87.4 cm³/mol. The lowest BCUT2D eigenvalue weighted by Gasteiger charge is -2.20. The molecule has 2 aromatic rings. The van der Waals surface area contributed by atoms with Crippen LogP contribution in [0.1, 0.15) is 33.9 Å². The van der Waals surface area contributed by atoms with Gasteiger partial charge in [-0.05, 0) is 55.2 Å². The van der Waals surface area contributed by atoms with E-state index in [1.54, 1.807) is 7.11 Å². The van der Waals surface area contributed by atoms with E-state index in [4.69, 9.17) is 10.5 Å². The van der Waals surface area contributed by atoms with Crippen molar-refractivity contribution in [1.82, 2.24) is 0 Å². The van der Waals surface area contributed by atoms with E-state index < -0.39 is 0 Å². The summed E-state index contributed by atoms with van der Waals surface area (Å²) in [6, 6.07) is 10.2. The van der Waals surface area contributed by atoms with E-state index in [9.17, 15) is 0 Å². The van der Waals surface area contributed by atoms with Crippen LogP contribution in [-0.4, -0.2) is 7.11 Å². The Hall–Kier alpha value is -1.32. The number of rotatable bonds is 3. The van der Waals surface area contributed by atoms with Crippen LogP contribution >= 0.6 is 15.9 Å². The van der Waals surface area contributed by atoms with Gasteiger partial charge in [-0.1, -0.05) is 34.1 Å². The third kappa shape index (κ3) is 2.74. The average molecular weight is 334 g/mol. The second-order valence-corrected chi connectivity index (χ2v) is 6.02. The molecule has 106 valence electrons. The monoisotopic (exact) mass is 333 g/mol. The minimum absolute atomic E-state index is 0.193. The van der Waals surface area contributed by atoms with Gasteiger partial charge >= 0.3 is 0 Å². The zero-order valence-corrected chi connectivity index (χ0v) is 13.9. The fraction of sp³-hybridized carbons (Fsp3) is 0.294. The fourth-order valence-corrected chi connectivity index (χ4v) is 2.82. The highest BCUT2D eigenvalue weighted by Crippen LogP contribution is 2.34. The summed E-state index contributed by atoms with van der Waals surface area (Å²) < 4.78 is 6.62. The van der Waals surface area contributed by atoms with Gasteiger partial charge in [0, 0.05) is 10.0 Å². The highest BCUT2D eigenvalue weighted by molar-refractivity contribution is 9.10. The summed E-state index contributed by atoms with van der Waals surface area (Å²) in [7, 11) is 1.70. The van der Waals surface area contributed by atoms with Gasteiger partial charge in [0.15, 0.2) is 0 Å². The van der Waals surface area contributed by atoms with E-state index in [0.717, 1.165) is 26.9 Å². The SMILES string of the molecule is COc1c(C(N)c2cc(Br)ccc2C)ccc(C)c1C. The van der Waals surface area contributed by atoms with Crippen LogP contribution in [-0.2, 0) is 0 Å². The van der Waals surface area contributed by atoms with Crippen LogP contribution in [0.3, 0.4) is 0 Å². The molecule has 0 bridgehead atoms. The van der Waals surface area contributed by atoms with E-state index in [-0.39, 0.29) is 6.04 Å². The first-order valence-electron chi connectivity index (χ1n) is 6.61. The normalized spacial score (nSPS) is 12.3. The zero-order valence-electron chi connectivity index (χ0n) is 12.3. The van der Waals surface area contributed by atoms with Gasteiger partial charge in [0.2, 0.25) is 0 Å². The van der Waals surface area contributed by atoms with Crippen LogP contribution in [0.25, 0.3) is 0 Å². The predicted octanol–water partition coefficient (Wildman–Crippen LogP) is 4.43. The van der Waals surface area contributed by atoms with Crippen LogP contribution in [0.2, 0.25) is 0 Å². The molecule has 0 heterocycles. The molecular weight excluding hydrogens is 314 g/mol. The molecule has 0 radical (unpaired) electrons. The Labute approximate surface area is 129 Å². The van der Waals surface area contributed by atoms with Gasteiger partial charge in [0.1, 0.15) is 5.75 Å². The molecule has 2 aromatic carbocycles.